The second kappa shape index (κ2) is 9.91. The largest absolute Gasteiger partial charge is 0.472 e. The number of hydrogen-bond donors (Lipinski definition) is 0. The van der Waals surface area contributed by atoms with E-state index in [0.29, 0.717) is 0 Å². The summed E-state index contributed by atoms with van der Waals surface area (Å²) in [7, 11) is 0. The summed E-state index contributed by atoms with van der Waals surface area (Å²) in [6, 6.07) is 55.6. The third-order valence-electron chi connectivity index (χ3n) is 7.75. The predicted molar refractivity (Wildman–Crippen MR) is 165 cm³/mol. The lowest BCUT2D eigenvalue weighted by Crippen LogP contribution is -2.38. The van der Waals surface area contributed by atoms with Crippen LogP contribution in [0.3, 0.4) is 0 Å². The van der Waals surface area contributed by atoms with Gasteiger partial charge in [0.2, 0.25) is 0 Å². The number of para-hydroxylation sites is 2. The van der Waals surface area contributed by atoms with Crippen molar-refractivity contribution in [3.63, 3.8) is 0 Å². The molecule has 0 aliphatic carbocycles. The van der Waals surface area contributed by atoms with Gasteiger partial charge in [0.25, 0.3) is 0 Å². The van der Waals surface area contributed by atoms with Gasteiger partial charge in [-0.05, 0) is 48.9 Å². The lowest BCUT2D eigenvalue weighted by Gasteiger charge is -2.41. The van der Waals surface area contributed by atoms with Crippen LogP contribution in [0.2, 0.25) is 0 Å². The summed E-state index contributed by atoms with van der Waals surface area (Å²) in [6.07, 6.45) is 0. The Morgan fingerprint density at radius 3 is 1.68 bits per heavy atom. The Morgan fingerprint density at radius 2 is 1.02 bits per heavy atom. The Morgan fingerprint density at radius 1 is 0.475 bits per heavy atom. The van der Waals surface area contributed by atoms with E-state index in [2.05, 4.69) is 170 Å². The predicted octanol–water partition coefficient (Wildman–Crippen LogP) is 9.82. The van der Waals surface area contributed by atoms with Gasteiger partial charge in [0.1, 0.15) is 5.75 Å². The Kier molecular flexibility index (Phi) is 5.94. The minimum Gasteiger partial charge on any atom is -0.472 e. The minimum absolute atomic E-state index is 0.790. The molecule has 192 valence electrons. The molecule has 6 aromatic carbocycles. The molecule has 0 aromatic heterocycles. The molecule has 1 aliphatic rings. The SMILES string of the molecule is Cc1ccc(C2(c3ccccc3)Oc3cc(N(c4ccccc4)c4ccccc4)ccc3-c3ccccc32)cc1. The Hall–Kier alpha value is -5.08. The summed E-state index contributed by atoms with van der Waals surface area (Å²) in [5.74, 6) is 0.859. The van der Waals surface area contributed by atoms with Crippen LogP contribution in [-0.2, 0) is 5.60 Å². The molecule has 0 saturated heterocycles. The molecule has 1 heterocycles. The van der Waals surface area contributed by atoms with E-state index in [1.807, 2.05) is 0 Å². The van der Waals surface area contributed by atoms with Crippen LogP contribution in [0, 0.1) is 6.92 Å². The van der Waals surface area contributed by atoms with Gasteiger partial charge in [-0.1, -0.05) is 121 Å². The van der Waals surface area contributed by atoms with Crippen LogP contribution in [-0.4, -0.2) is 0 Å². The lowest BCUT2D eigenvalue weighted by molar-refractivity contribution is 0.152. The maximum atomic E-state index is 7.29. The van der Waals surface area contributed by atoms with Crippen molar-refractivity contribution >= 4 is 17.1 Å². The van der Waals surface area contributed by atoms with Crippen LogP contribution < -0.4 is 9.64 Å². The van der Waals surface area contributed by atoms with Crippen molar-refractivity contribution in [1.29, 1.82) is 0 Å². The van der Waals surface area contributed by atoms with Crippen LogP contribution >= 0.6 is 0 Å². The fourth-order valence-electron chi connectivity index (χ4n) is 5.86. The Bertz CT molecular complexity index is 1720. The average Bonchev–Trinajstić information content (AvgIpc) is 3.02. The summed E-state index contributed by atoms with van der Waals surface area (Å²) in [6.45, 7) is 2.12. The average molecular weight is 516 g/mol. The zero-order chi connectivity index (χ0) is 26.9. The third-order valence-corrected chi connectivity index (χ3v) is 7.75. The number of hydrogen-bond acceptors (Lipinski definition) is 2. The van der Waals surface area contributed by atoms with Gasteiger partial charge >= 0.3 is 0 Å². The number of fused-ring (bicyclic) bond motifs is 3. The van der Waals surface area contributed by atoms with E-state index in [-0.39, 0.29) is 0 Å². The number of aryl methyl sites for hydroxylation is 1. The van der Waals surface area contributed by atoms with E-state index in [1.54, 1.807) is 0 Å². The quantitative estimate of drug-likeness (QED) is 0.227. The molecule has 1 aliphatic heterocycles. The summed E-state index contributed by atoms with van der Waals surface area (Å²) >= 11 is 0. The van der Waals surface area contributed by atoms with Crippen LogP contribution in [0.15, 0.2) is 158 Å². The van der Waals surface area contributed by atoms with Crippen LogP contribution in [0.1, 0.15) is 22.3 Å². The fraction of sp³-hybridized carbons (Fsp3) is 0.0526. The first kappa shape index (κ1) is 24.0. The zero-order valence-electron chi connectivity index (χ0n) is 22.4. The first-order valence-corrected chi connectivity index (χ1v) is 13.7. The molecule has 1 atom stereocenters. The van der Waals surface area contributed by atoms with E-state index >= 15 is 0 Å². The van der Waals surface area contributed by atoms with Crippen molar-refractivity contribution in [2.75, 3.05) is 4.90 Å². The van der Waals surface area contributed by atoms with Crippen molar-refractivity contribution in [1.82, 2.24) is 0 Å². The first-order valence-electron chi connectivity index (χ1n) is 13.7. The van der Waals surface area contributed by atoms with Gasteiger partial charge in [0.05, 0.1) is 0 Å². The molecular weight excluding hydrogens is 486 g/mol. The second-order valence-electron chi connectivity index (χ2n) is 10.2. The van der Waals surface area contributed by atoms with Gasteiger partial charge in [-0.15, -0.1) is 0 Å². The molecule has 0 fully saturated rings. The van der Waals surface area contributed by atoms with Gasteiger partial charge in [-0.3, -0.25) is 0 Å². The standard InChI is InChI=1S/C38H29NO/c1-28-21-23-30(24-22-28)38(29-13-5-2-6-14-29)36-20-12-11-19-34(36)35-26-25-33(27-37(35)40-38)39(31-15-7-3-8-16-31)32-17-9-4-10-18-32/h2-27H,1H3. The molecule has 0 N–H and O–H groups in total. The van der Waals surface area contributed by atoms with E-state index in [9.17, 15) is 0 Å². The Labute approximate surface area is 235 Å². The molecule has 2 heteroatoms. The fourth-order valence-corrected chi connectivity index (χ4v) is 5.86. The molecule has 7 rings (SSSR count). The lowest BCUT2D eigenvalue weighted by atomic mass is 9.75. The van der Waals surface area contributed by atoms with Crippen molar-refractivity contribution in [3.05, 3.63) is 180 Å². The van der Waals surface area contributed by atoms with Gasteiger partial charge in [0, 0.05) is 45.4 Å². The topological polar surface area (TPSA) is 12.5 Å². The summed E-state index contributed by atoms with van der Waals surface area (Å²) in [4.78, 5) is 2.28. The molecule has 0 bridgehead atoms. The smallest absolute Gasteiger partial charge is 0.185 e. The third kappa shape index (κ3) is 3.97. The highest BCUT2D eigenvalue weighted by atomic mass is 16.5. The van der Waals surface area contributed by atoms with Crippen LogP contribution in [0.4, 0.5) is 17.1 Å². The van der Waals surface area contributed by atoms with Gasteiger partial charge in [-0.2, -0.15) is 0 Å². The van der Waals surface area contributed by atoms with E-state index < -0.39 is 5.60 Å². The molecule has 40 heavy (non-hydrogen) atoms. The van der Waals surface area contributed by atoms with Crippen molar-refractivity contribution < 1.29 is 4.74 Å². The highest BCUT2D eigenvalue weighted by Gasteiger charge is 2.44. The maximum Gasteiger partial charge on any atom is 0.185 e. The maximum absolute atomic E-state index is 7.29. The molecule has 6 aromatic rings. The Balaban J connectivity index is 1.47. The van der Waals surface area contributed by atoms with Crippen molar-refractivity contribution in [2.24, 2.45) is 0 Å². The molecule has 0 spiro atoms. The number of rotatable bonds is 5. The van der Waals surface area contributed by atoms with E-state index in [1.165, 1.54) is 11.1 Å². The number of benzene rings is 6. The number of anilines is 3. The van der Waals surface area contributed by atoms with Crippen LogP contribution in [0.25, 0.3) is 11.1 Å². The molecular formula is C38H29NO. The molecule has 2 nitrogen and oxygen atoms in total. The normalized spacial score (nSPS) is 15.4. The van der Waals surface area contributed by atoms with E-state index in [0.717, 1.165) is 45.1 Å². The molecule has 1 unspecified atom stereocenters. The van der Waals surface area contributed by atoms with Gasteiger partial charge < -0.3 is 9.64 Å². The molecule has 0 saturated carbocycles. The van der Waals surface area contributed by atoms with Crippen molar-refractivity contribution in [2.45, 2.75) is 12.5 Å². The number of nitrogens with zero attached hydrogens (tertiary/aromatic N) is 1. The first-order chi connectivity index (χ1) is 19.7. The number of ether oxygens (including phenoxy) is 1. The van der Waals surface area contributed by atoms with Crippen molar-refractivity contribution in [3.8, 4) is 16.9 Å². The van der Waals surface area contributed by atoms with E-state index in [4.69, 9.17) is 4.74 Å². The second-order valence-corrected chi connectivity index (χ2v) is 10.2. The summed E-state index contributed by atoms with van der Waals surface area (Å²) < 4.78 is 7.29. The van der Waals surface area contributed by atoms with Crippen LogP contribution in [0.5, 0.6) is 5.75 Å². The summed E-state index contributed by atoms with van der Waals surface area (Å²) in [5, 5.41) is 0. The monoisotopic (exact) mass is 515 g/mol. The molecule has 0 amide bonds. The highest BCUT2D eigenvalue weighted by Crippen LogP contribution is 2.52. The summed E-state index contributed by atoms with van der Waals surface area (Å²) in [5.41, 5.74) is 9.30. The van der Waals surface area contributed by atoms with Gasteiger partial charge in [-0.25, -0.2) is 0 Å². The van der Waals surface area contributed by atoms with Gasteiger partial charge in [0.15, 0.2) is 5.60 Å². The molecule has 0 radical (unpaired) electrons. The highest BCUT2D eigenvalue weighted by molar-refractivity contribution is 5.84. The minimum atomic E-state index is -0.790. The zero-order valence-corrected chi connectivity index (χ0v) is 22.4.